The smallest absolute Gasteiger partial charge is 0.295 e. The first kappa shape index (κ1) is 28.1. The lowest BCUT2D eigenvalue weighted by molar-refractivity contribution is -0.137. The lowest BCUT2D eigenvalue weighted by Gasteiger charge is -2.09. The summed E-state index contributed by atoms with van der Waals surface area (Å²) >= 11 is 0. The van der Waals surface area contributed by atoms with Crippen LogP contribution in [0.2, 0.25) is 0 Å². The average molecular weight is 459 g/mol. The molecule has 0 aliphatic heterocycles. The number of allylic oxidation sites excluding steroid dienone is 2. The van der Waals surface area contributed by atoms with Crippen LogP contribution in [-0.4, -0.2) is 11.6 Å². The molecule has 178 valence electrons. The maximum atomic E-state index is 12.7. The van der Waals surface area contributed by atoms with Crippen molar-refractivity contribution in [1.29, 1.82) is 0 Å². The molecule has 0 saturated carbocycles. The number of halogens is 3. The van der Waals surface area contributed by atoms with Crippen molar-refractivity contribution in [1.82, 2.24) is 0 Å². The third-order valence-corrected chi connectivity index (χ3v) is 4.77. The van der Waals surface area contributed by atoms with Crippen molar-refractivity contribution in [3.8, 4) is 0 Å². The van der Waals surface area contributed by atoms with Crippen molar-refractivity contribution >= 4 is 23.7 Å². The van der Waals surface area contributed by atoms with Crippen LogP contribution in [0.4, 0.5) is 13.2 Å². The molecule has 0 bridgehead atoms. The van der Waals surface area contributed by atoms with Gasteiger partial charge in [-0.3, -0.25) is 9.59 Å². The molecule has 0 radical (unpaired) electrons. The standard InChI is InChI=1S/C14H15F3O.C14H18O/c1-2-3-7-12(18)10-9-11-6-4-5-8-13(11)14(15,16)17;1-3-4-8-14(15)10-9-13-7-5-6-12(2)11-13/h4-6,8-10H,2-3,7H2,1H3;5-7,9-11H,3-4,8H2,1-2H3/b2*10-9+. The summed E-state index contributed by atoms with van der Waals surface area (Å²) in [7, 11) is 0. The number of rotatable bonds is 10. The quantitative estimate of drug-likeness (QED) is 0.336. The highest BCUT2D eigenvalue weighted by molar-refractivity contribution is 5.94. The van der Waals surface area contributed by atoms with E-state index < -0.39 is 11.7 Å². The Kier molecular flexibility index (Phi) is 12.8. The monoisotopic (exact) mass is 458 g/mol. The number of benzene rings is 2. The lowest BCUT2D eigenvalue weighted by Crippen LogP contribution is -2.07. The third kappa shape index (κ3) is 12.0. The predicted octanol–water partition coefficient (Wildman–Crippen LogP) is 8.25. The predicted molar refractivity (Wildman–Crippen MR) is 130 cm³/mol. The minimum Gasteiger partial charge on any atom is -0.295 e. The summed E-state index contributed by atoms with van der Waals surface area (Å²) in [5.41, 5.74) is 1.62. The van der Waals surface area contributed by atoms with Crippen molar-refractivity contribution in [3.63, 3.8) is 0 Å². The van der Waals surface area contributed by atoms with Crippen LogP contribution in [0.25, 0.3) is 12.2 Å². The summed E-state index contributed by atoms with van der Waals surface area (Å²) in [5, 5.41) is 0. The number of alkyl halides is 3. The average Bonchev–Trinajstić information content (AvgIpc) is 2.78. The van der Waals surface area contributed by atoms with Gasteiger partial charge in [0.2, 0.25) is 0 Å². The summed E-state index contributed by atoms with van der Waals surface area (Å²) in [5.74, 6) is 0.0761. The highest BCUT2D eigenvalue weighted by atomic mass is 19.4. The molecule has 0 aromatic heterocycles. The van der Waals surface area contributed by atoms with E-state index in [4.69, 9.17) is 0 Å². The summed E-state index contributed by atoms with van der Waals surface area (Å²) in [4.78, 5) is 22.7. The Balaban J connectivity index is 0.000000335. The molecule has 0 aliphatic carbocycles. The first-order valence-electron chi connectivity index (χ1n) is 11.3. The van der Waals surface area contributed by atoms with Crippen LogP contribution in [0.3, 0.4) is 0 Å². The van der Waals surface area contributed by atoms with Gasteiger partial charge >= 0.3 is 6.18 Å². The molecule has 0 heterocycles. The molecule has 0 saturated heterocycles. The van der Waals surface area contributed by atoms with Crippen molar-refractivity contribution in [2.24, 2.45) is 0 Å². The molecule has 2 aromatic carbocycles. The van der Waals surface area contributed by atoms with Gasteiger partial charge in [0.1, 0.15) is 0 Å². The lowest BCUT2D eigenvalue weighted by atomic mass is 10.1. The van der Waals surface area contributed by atoms with E-state index >= 15 is 0 Å². The van der Waals surface area contributed by atoms with E-state index in [9.17, 15) is 22.8 Å². The van der Waals surface area contributed by atoms with Crippen molar-refractivity contribution < 1.29 is 22.8 Å². The zero-order valence-electron chi connectivity index (χ0n) is 19.6. The Morgan fingerprint density at radius 1 is 0.818 bits per heavy atom. The molecular weight excluding hydrogens is 425 g/mol. The van der Waals surface area contributed by atoms with Gasteiger partial charge < -0.3 is 0 Å². The van der Waals surface area contributed by atoms with Gasteiger partial charge in [-0.1, -0.05) is 86.9 Å². The molecule has 2 nitrogen and oxygen atoms in total. The summed E-state index contributed by atoms with van der Waals surface area (Å²) < 4.78 is 38.0. The first-order chi connectivity index (χ1) is 15.7. The Bertz CT molecular complexity index is 940. The van der Waals surface area contributed by atoms with E-state index in [0.29, 0.717) is 12.8 Å². The largest absolute Gasteiger partial charge is 0.416 e. The molecule has 5 heteroatoms. The molecule has 2 aromatic rings. The van der Waals surface area contributed by atoms with Gasteiger partial charge in [-0.15, -0.1) is 0 Å². The van der Waals surface area contributed by atoms with E-state index in [1.54, 1.807) is 6.08 Å². The highest BCUT2D eigenvalue weighted by Gasteiger charge is 2.32. The second kappa shape index (κ2) is 15.0. The minimum atomic E-state index is -4.40. The zero-order chi connectivity index (χ0) is 24.7. The molecule has 0 fully saturated rings. The number of hydrogen-bond donors (Lipinski definition) is 0. The molecule has 0 amide bonds. The van der Waals surface area contributed by atoms with Crippen LogP contribution >= 0.6 is 0 Å². The normalized spacial score (nSPS) is 11.5. The molecule has 0 spiro atoms. The second-order valence-corrected chi connectivity index (χ2v) is 7.81. The van der Waals surface area contributed by atoms with E-state index in [0.717, 1.165) is 37.3 Å². The van der Waals surface area contributed by atoms with Crippen LogP contribution in [0.1, 0.15) is 74.6 Å². The van der Waals surface area contributed by atoms with Gasteiger partial charge in [0.15, 0.2) is 11.6 Å². The van der Waals surface area contributed by atoms with Crippen molar-refractivity contribution in [2.75, 3.05) is 0 Å². The fourth-order valence-corrected chi connectivity index (χ4v) is 2.91. The van der Waals surface area contributed by atoms with Gasteiger partial charge in [-0.25, -0.2) is 0 Å². The molecule has 0 atom stereocenters. The van der Waals surface area contributed by atoms with Gasteiger partial charge in [0.05, 0.1) is 5.56 Å². The van der Waals surface area contributed by atoms with Crippen molar-refractivity contribution in [2.45, 2.75) is 65.5 Å². The molecule has 0 aliphatic rings. The SMILES string of the molecule is CCCCC(=O)/C=C/c1cccc(C)c1.CCCCC(=O)/C=C/c1ccccc1C(F)(F)F. The molecular formula is C28H33F3O2. The Morgan fingerprint density at radius 2 is 1.39 bits per heavy atom. The third-order valence-electron chi connectivity index (χ3n) is 4.77. The van der Waals surface area contributed by atoms with Gasteiger partial charge in [0.25, 0.3) is 0 Å². The van der Waals surface area contributed by atoms with E-state index in [1.165, 1.54) is 35.9 Å². The molecule has 2 rings (SSSR count). The Morgan fingerprint density at radius 3 is 1.94 bits per heavy atom. The first-order valence-corrected chi connectivity index (χ1v) is 11.3. The van der Waals surface area contributed by atoms with Crippen LogP contribution in [0.5, 0.6) is 0 Å². The molecule has 33 heavy (non-hydrogen) atoms. The van der Waals surface area contributed by atoms with Crippen molar-refractivity contribution in [3.05, 3.63) is 82.9 Å². The number of ketones is 2. The minimum absolute atomic E-state index is 0.0230. The number of carbonyl (C=O) groups excluding carboxylic acids is 2. The molecule has 0 N–H and O–H groups in total. The van der Waals surface area contributed by atoms with Crippen LogP contribution < -0.4 is 0 Å². The highest BCUT2D eigenvalue weighted by Crippen LogP contribution is 2.32. The van der Waals surface area contributed by atoms with Gasteiger partial charge in [0, 0.05) is 12.8 Å². The summed E-state index contributed by atoms with van der Waals surface area (Å²) in [6.07, 6.45) is 6.38. The van der Waals surface area contributed by atoms with Gasteiger partial charge in [-0.05, 0) is 49.1 Å². The number of hydrogen-bond acceptors (Lipinski definition) is 2. The Labute approximate surface area is 195 Å². The number of unbranched alkanes of at least 4 members (excludes halogenated alkanes) is 2. The fourth-order valence-electron chi connectivity index (χ4n) is 2.91. The second-order valence-electron chi connectivity index (χ2n) is 7.81. The molecule has 0 unspecified atom stereocenters. The summed E-state index contributed by atoms with van der Waals surface area (Å²) in [6, 6.07) is 13.4. The maximum absolute atomic E-state index is 12.7. The Hall–Kier alpha value is -2.95. The summed E-state index contributed by atoms with van der Waals surface area (Å²) in [6.45, 7) is 6.10. The van der Waals surface area contributed by atoms with Crippen LogP contribution in [-0.2, 0) is 15.8 Å². The number of aryl methyl sites for hydroxylation is 1. The maximum Gasteiger partial charge on any atom is 0.416 e. The fraction of sp³-hybridized carbons (Fsp3) is 0.357. The van der Waals surface area contributed by atoms with Gasteiger partial charge in [-0.2, -0.15) is 13.2 Å². The van der Waals surface area contributed by atoms with E-state index in [1.807, 2.05) is 25.1 Å². The number of carbonyl (C=O) groups is 2. The topological polar surface area (TPSA) is 34.1 Å². The van der Waals surface area contributed by atoms with E-state index in [-0.39, 0.29) is 17.1 Å². The van der Waals surface area contributed by atoms with E-state index in [2.05, 4.69) is 26.0 Å². The van der Waals surface area contributed by atoms with Crippen LogP contribution in [0.15, 0.2) is 60.7 Å². The zero-order valence-corrected chi connectivity index (χ0v) is 19.6. The van der Waals surface area contributed by atoms with Crippen LogP contribution in [0, 0.1) is 6.92 Å².